The second-order valence-corrected chi connectivity index (χ2v) is 16.7. The van der Waals surface area contributed by atoms with Crippen LogP contribution >= 0.6 is 0 Å². The molecule has 15 heteroatoms. The summed E-state index contributed by atoms with van der Waals surface area (Å²) < 4.78 is 81.0. The topological polar surface area (TPSA) is 126 Å². The van der Waals surface area contributed by atoms with E-state index in [0.29, 0.717) is 102 Å². The highest BCUT2D eigenvalue weighted by atomic mass is 19.4. The van der Waals surface area contributed by atoms with Crippen LogP contribution < -0.4 is 20.3 Å². The van der Waals surface area contributed by atoms with Gasteiger partial charge in [0.15, 0.2) is 0 Å². The van der Waals surface area contributed by atoms with Gasteiger partial charge in [-0.1, -0.05) is 13.8 Å². The van der Waals surface area contributed by atoms with Crippen molar-refractivity contribution in [2.45, 2.75) is 120 Å². The average Bonchev–Trinajstić information content (AvgIpc) is 3.41. The summed E-state index contributed by atoms with van der Waals surface area (Å²) in [5, 5.41) is 15.9. The molecule has 2 bridgehead atoms. The van der Waals surface area contributed by atoms with Crippen molar-refractivity contribution in [3.8, 4) is 5.75 Å². The normalized spacial score (nSPS) is 30.9. The van der Waals surface area contributed by atoms with Crippen LogP contribution in [0.5, 0.6) is 5.75 Å². The molecular weight excluding hydrogens is 713 g/mol. The maximum atomic E-state index is 15.5. The number of carbonyl (C=O) groups excluding carboxylic acids is 1. The Hall–Kier alpha value is -3.59. The van der Waals surface area contributed by atoms with Gasteiger partial charge in [0, 0.05) is 50.0 Å². The minimum absolute atomic E-state index is 0.00558. The zero-order valence-corrected chi connectivity index (χ0v) is 31.0. The molecule has 54 heavy (non-hydrogen) atoms. The lowest BCUT2D eigenvalue weighted by Gasteiger charge is -2.52. The number of rotatable bonds is 9. The molecule has 0 radical (unpaired) electrons. The largest absolute Gasteiger partial charge is 0.490 e. The summed E-state index contributed by atoms with van der Waals surface area (Å²) in [6.07, 6.45) is 3.22. The fourth-order valence-corrected chi connectivity index (χ4v) is 10.2. The highest BCUT2D eigenvalue weighted by Gasteiger charge is 2.57. The molecule has 5 aliphatic rings. The van der Waals surface area contributed by atoms with Crippen molar-refractivity contribution in [3.63, 3.8) is 0 Å². The lowest BCUT2D eigenvalue weighted by atomic mass is 9.56. The molecule has 10 nitrogen and oxygen atoms in total. The molecule has 1 aromatic carbocycles. The summed E-state index contributed by atoms with van der Waals surface area (Å²) in [6, 6.07) is 5.38. The summed E-state index contributed by atoms with van der Waals surface area (Å²) >= 11 is 0. The van der Waals surface area contributed by atoms with Gasteiger partial charge in [-0.2, -0.15) is 22.0 Å². The molecule has 5 unspecified atom stereocenters. The zero-order valence-electron chi connectivity index (χ0n) is 31.0. The van der Waals surface area contributed by atoms with E-state index in [4.69, 9.17) is 9.47 Å². The zero-order chi connectivity index (χ0) is 38.6. The third kappa shape index (κ3) is 7.50. The standard InChI is InChI=1S/C39H50F5N5O5/c1-22-14-24-16-23(2)39(34(51)52,25(15-22)17-24)48-33(50)29-19-45-35(47-32(29)36(3,40)41)49-21-37(10-12-53-13-11-37)30-18-28(8-9-31(30)49)54-27-6-4-26(5-7-27)46-20-38(42,43)44/h8-9,18-19,22-27,46H,4-7,10-17,20-21H2,1-3H3,(H,48,50)(H,51,52)/t22?,23?,24?,25?,26-,27-,39?. The number of benzene rings is 1. The minimum atomic E-state index is -4.26. The Kier molecular flexibility index (Phi) is 10.4. The number of carboxylic acids is 1. The number of nitrogens with zero attached hydrogens (tertiary/aromatic N) is 3. The van der Waals surface area contributed by atoms with E-state index in [-0.39, 0.29) is 29.9 Å². The first kappa shape index (κ1) is 38.7. The van der Waals surface area contributed by atoms with Crippen molar-refractivity contribution in [1.29, 1.82) is 0 Å². The van der Waals surface area contributed by atoms with E-state index in [1.807, 2.05) is 19.1 Å². The number of carboxylic acid groups (broad SMARTS) is 1. The molecule has 3 aliphatic carbocycles. The molecule has 2 aromatic rings. The van der Waals surface area contributed by atoms with E-state index in [1.165, 1.54) is 0 Å². The van der Waals surface area contributed by atoms with E-state index in [2.05, 4.69) is 27.5 Å². The number of ether oxygens (including phenoxy) is 2. The molecule has 1 aromatic heterocycles. The molecule has 1 spiro atoms. The van der Waals surface area contributed by atoms with Crippen molar-refractivity contribution < 1.29 is 46.1 Å². The molecule has 5 atom stereocenters. The number of carbonyl (C=O) groups is 2. The molecular formula is C39H50F5N5O5. The van der Waals surface area contributed by atoms with Crippen molar-refractivity contribution >= 4 is 23.5 Å². The highest BCUT2D eigenvalue weighted by molar-refractivity contribution is 5.99. The van der Waals surface area contributed by atoms with Gasteiger partial charge in [-0.25, -0.2) is 14.8 Å². The molecule has 296 valence electrons. The van der Waals surface area contributed by atoms with E-state index < -0.39 is 58.6 Å². The first-order chi connectivity index (χ1) is 25.5. The SMILES string of the molecule is CC1CC2CC(C)C(NC(=O)c3cnc(N4CC5(CCOCC5)c5cc(O[C@H]6CC[C@H](NCC(F)(F)F)CC6)ccc54)nc3C(C)(F)F)(C(=O)O)C(C1)C2. The number of amides is 1. The molecule has 3 saturated carbocycles. The van der Waals surface area contributed by atoms with Gasteiger partial charge in [0.05, 0.1) is 18.2 Å². The smallest absolute Gasteiger partial charge is 0.401 e. The third-order valence-corrected chi connectivity index (χ3v) is 12.8. The summed E-state index contributed by atoms with van der Waals surface area (Å²) in [6.45, 7) is 4.92. The third-order valence-electron chi connectivity index (χ3n) is 12.8. The quantitative estimate of drug-likeness (QED) is 0.226. The summed E-state index contributed by atoms with van der Waals surface area (Å²) in [5.74, 6) is -5.12. The van der Waals surface area contributed by atoms with Gasteiger partial charge in [-0.15, -0.1) is 0 Å². The van der Waals surface area contributed by atoms with Gasteiger partial charge in [-0.3, -0.25) is 4.79 Å². The van der Waals surface area contributed by atoms with Crippen LogP contribution in [0.1, 0.15) is 107 Å². The predicted octanol–water partition coefficient (Wildman–Crippen LogP) is 7.28. The summed E-state index contributed by atoms with van der Waals surface area (Å²) in [7, 11) is 0. The van der Waals surface area contributed by atoms with Gasteiger partial charge < -0.3 is 30.1 Å². The lowest BCUT2D eigenvalue weighted by molar-refractivity contribution is -0.155. The number of nitrogens with one attached hydrogen (secondary N) is 2. The Labute approximate surface area is 312 Å². The number of fused-ring (bicyclic) bond motifs is 4. The number of hydrogen-bond acceptors (Lipinski definition) is 8. The first-order valence-electron chi connectivity index (χ1n) is 19.3. The van der Waals surface area contributed by atoms with Gasteiger partial charge >= 0.3 is 12.1 Å². The van der Waals surface area contributed by atoms with Crippen LogP contribution in [0.3, 0.4) is 0 Å². The minimum Gasteiger partial charge on any atom is -0.490 e. The molecule has 3 heterocycles. The van der Waals surface area contributed by atoms with Crippen LogP contribution in [0.15, 0.2) is 24.4 Å². The van der Waals surface area contributed by atoms with Crippen molar-refractivity contribution in [1.82, 2.24) is 20.6 Å². The Morgan fingerprint density at radius 1 is 1.04 bits per heavy atom. The number of halogens is 5. The van der Waals surface area contributed by atoms with Crippen LogP contribution in [0.2, 0.25) is 0 Å². The van der Waals surface area contributed by atoms with Gasteiger partial charge in [0.2, 0.25) is 5.95 Å². The Morgan fingerprint density at radius 3 is 2.43 bits per heavy atom. The van der Waals surface area contributed by atoms with E-state index in [9.17, 15) is 27.9 Å². The molecule has 4 fully saturated rings. The Morgan fingerprint density at radius 2 is 1.76 bits per heavy atom. The second kappa shape index (κ2) is 14.5. The number of aliphatic carboxylic acids is 1. The highest BCUT2D eigenvalue weighted by Crippen LogP contribution is 2.52. The maximum absolute atomic E-state index is 15.5. The molecule has 1 saturated heterocycles. The molecule has 1 amide bonds. The predicted molar refractivity (Wildman–Crippen MR) is 189 cm³/mol. The molecule has 2 aliphatic heterocycles. The second-order valence-electron chi connectivity index (χ2n) is 16.7. The summed E-state index contributed by atoms with van der Waals surface area (Å²) in [5.41, 5.74) is -1.60. The fourth-order valence-electron chi connectivity index (χ4n) is 10.2. The van der Waals surface area contributed by atoms with Crippen LogP contribution in [0, 0.1) is 23.7 Å². The number of anilines is 2. The Bertz CT molecular complexity index is 1720. The van der Waals surface area contributed by atoms with E-state index in [0.717, 1.165) is 18.2 Å². The first-order valence-corrected chi connectivity index (χ1v) is 19.3. The van der Waals surface area contributed by atoms with Crippen molar-refractivity contribution in [2.24, 2.45) is 23.7 Å². The van der Waals surface area contributed by atoms with Crippen molar-refractivity contribution in [2.75, 3.05) is 31.2 Å². The number of aromatic nitrogens is 2. The summed E-state index contributed by atoms with van der Waals surface area (Å²) in [4.78, 5) is 37.6. The Balaban J connectivity index is 1.15. The van der Waals surface area contributed by atoms with Crippen LogP contribution in [-0.4, -0.2) is 77.1 Å². The van der Waals surface area contributed by atoms with Gasteiger partial charge in [0.1, 0.15) is 17.0 Å². The number of hydrogen-bond donors (Lipinski definition) is 3. The van der Waals surface area contributed by atoms with Gasteiger partial charge in [0.25, 0.3) is 11.8 Å². The lowest BCUT2D eigenvalue weighted by Crippen LogP contribution is -2.66. The van der Waals surface area contributed by atoms with Gasteiger partial charge in [-0.05, 0) is 112 Å². The number of alkyl halides is 5. The monoisotopic (exact) mass is 763 g/mol. The fraction of sp³-hybridized carbons (Fsp3) is 0.692. The maximum Gasteiger partial charge on any atom is 0.401 e. The van der Waals surface area contributed by atoms with Crippen LogP contribution in [-0.2, 0) is 20.9 Å². The van der Waals surface area contributed by atoms with Crippen LogP contribution in [0.25, 0.3) is 0 Å². The van der Waals surface area contributed by atoms with E-state index >= 15 is 8.78 Å². The molecule has 3 N–H and O–H groups in total. The molecule has 7 rings (SSSR count). The van der Waals surface area contributed by atoms with Crippen molar-refractivity contribution in [3.05, 3.63) is 41.2 Å². The van der Waals surface area contributed by atoms with Crippen LogP contribution in [0.4, 0.5) is 33.6 Å². The average molecular weight is 764 g/mol. The van der Waals surface area contributed by atoms with E-state index in [1.54, 1.807) is 11.0 Å².